The van der Waals surface area contributed by atoms with Gasteiger partial charge in [0.2, 0.25) is 5.50 Å². The average Bonchev–Trinajstić information content (AvgIpc) is 2.63. The lowest BCUT2D eigenvalue weighted by atomic mass is 10.3. The Morgan fingerprint density at radius 2 is 2.06 bits per heavy atom. The van der Waals surface area contributed by atoms with Crippen LogP contribution in [-0.2, 0) is 10.4 Å². The maximum absolute atomic E-state index is 10.5. The van der Waals surface area contributed by atoms with Crippen LogP contribution >= 0.6 is 12.6 Å². The number of thiol groups is 1. The molecule has 1 unspecified atom stereocenters. The molecule has 0 amide bonds. The van der Waals surface area contributed by atoms with E-state index in [1.165, 1.54) is 12.1 Å². The van der Waals surface area contributed by atoms with Gasteiger partial charge in [0.15, 0.2) is 0 Å². The van der Waals surface area contributed by atoms with Gasteiger partial charge in [-0.05, 0) is 24.3 Å². The third-order valence-corrected chi connectivity index (χ3v) is 2.60. The van der Waals surface area contributed by atoms with Crippen LogP contribution < -0.4 is 14.7 Å². The van der Waals surface area contributed by atoms with Gasteiger partial charge >= 0.3 is 10.4 Å². The standard InChI is InChI=1S/C7H8N4O4S2/c12-17(13,14)15-6-3-1-5(2-4-6)11-7(16)8-9-10-11/h1-4,7,16H,(H,8,10)(H,12,13,14). The van der Waals surface area contributed by atoms with Crippen LogP contribution in [0.2, 0.25) is 0 Å². The number of rotatable bonds is 3. The topological polar surface area (TPSA) is 104 Å². The van der Waals surface area contributed by atoms with E-state index in [-0.39, 0.29) is 5.75 Å². The van der Waals surface area contributed by atoms with E-state index in [4.69, 9.17) is 4.55 Å². The second kappa shape index (κ2) is 4.39. The minimum Gasteiger partial charge on any atom is -0.362 e. The van der Waals surface area contributed by atoms with Crippen molar-refractivity contribution in [2.45, 2.75) is 5.50 Å². The first-order valence-corrected chi connectivity index (χ1v) is 6.24. The Morgan fingerprint density at radius 1 is 1.41 bits per heavy atom. The Morgan fingerprint density at radius 3 is 2.53 bits per heavy atom. The highest BCUT2D eigenvalue weighted by atomic mass is 32.3. The largest absolute Gasteiger partial charge is 0.446 e. The summed E-state index contributed by atoms with van der Waals surface area (Å²) < 4.78 is 33.7. The first-order valence-electron chi connectivity index (χ1n) is 4.35. The zero-order chi connectivity index (χ0) is 12.5. The molecule has 1 atom stereocenters. The van der Waals surface area contributed by atoms with Gasteiger partial charge in [-0.2, -0.15) is 14.0 Å². The zero-order valence-electron chi connectivity index (χ0n) is 8.26. The molecule has 0 radical (unpaired) electrons. The number of hydrogen-bond donors (Lipinski definition) is 3. The molecule has 1 aliphatic rings. The number of nitrogens with zero attached hydrogens (tertiary/aromatic N) is 3. The third-order valence-electron chi connectivity index (χ3n) is 1.86. The molecule has 1 heterocycles. The summed E-state index contributed by atoms with van der Waals surface area (Å²) in [6.45, 7) is 0. The molecule has 0 saturated carbocycles. The monoisotopic (exact) mass is 276 g/mol. The molecule has 10 heteroatoms. The molecule has 8 nitrogen and oxygen atoms in total. The highest BCUT2D eigenvalue weighted by Gasteiger charge is 2.19. The number of hydrazine groups is 1. The first kappa shape index (κ1) is 12.0. The quantitative estimate of drug-likeness (QED) is 0.556. The summed E-state index contributed by atoms with van der Waals surface area (Å²) in [5.41, 5.74) is 2.81. The number of benzene rings is 1. The molecule has 1 aromatic rings. The van der Waals surface area contributed by atoms with Gasteiger partial charge in [-0.3, -0.25) is 4.55 Å². The number of hydrogen-bond acceptors (Lipinski definition) is 8. The normalized spacial score (nSPS) is 19.2. The first-order chi connectivity index (χ1) is 7.96. The predicted molar refractivity (Wildman–Crippen MR) is 61.9 cm³/mol. The number of anilines is 1. The molecule has 0 bridgehead atoms. The van der Waals surface area contributed by atoms with E-state index >= 15 is 0 Å². The maximum atomic E-state index is 10.5. The molecule has 0 fully saturated rings. The van der Waals surface area contributed by atoms with Gasteiger partial charge in [-0.1, -0.05) is 5.22 Å². The van der Waals surface area contributed by atoms with Crippen LogP contribution in [0.1, 0.15) is 0 Å². The van der Waals surface area contributed by atoms with E-state index in [0.29, 0.717) is 5.69 Å². The van der Waals surface area contributed by atoms with E-state index in [9.17, 15) is 8.42 Å². The van der Waals surface area contributed by atoms with Gasteiger partial charge < -0.3 is 4.18 Å². The molecule has 1 aromatic carbocycles. The zero-order valence-corrected chi connectivity index (χ0v) is 9.97. The van der Waals surface area contributed by atoms with Crippen molar-refractivity contribution in [3.05, 3.63) is 24.3 Å². The van der Waals surface area contributed by atoms with Gasteiger partial charge in [0, 0.05) is 0 Å². The lowest BCUT2D eigenvalue weighted by Crippen LogP contribution is -2.34. The molecule has 0 spiro atoms. The van der Waals surface area contributed by atoms with Crippen molar-refractivity contribution in [1.29, 1.82) is 0 Å². The average molecular weight is 276 g/mol. The Bertz CT molecular complexity index is 529. The summed E-state index contributed by atoms with van der Waals surface area (Å²) in [7, 11) is -4.50. The van der Waals surface area contributed by atoms with Crippen molar-refractivity contribution in [2.75, 3.05) is 5.01 Å². The fourth-order valence-corrected chi connectivity index (χ4v) is 1.79. The van der Waals surface area contributed by atoms with E-state index in [1.807, 2.05) is 0 Å². The van der Waals surface area contributed by atoms with E-state index in [0.717, 1.165) is 0 Å². The summed E-state index contributed by atoms with van der Waals surface area (Å²) in [5.74, 6) is 0.0000359. The molecule has 0 aliphatic carbocycles. The molecule has 92 valence electrons. The van der Waals surface area contributed by atoms with Gasteiger partial charge in [-0.15, -0.1) is 17.7 Å². The van der Waals surface area contributed by atoms with E-state index in [1.54, 1.807) is 17.1 Å². The molecule has 2 rings (SSSR count). The molecule has 17 heavy (non-hydrogen) atoms. The SMILES string of the molecule is O=S(=O)(O)Oc1ccc(N2NN=NC2S)cc1. The summed E-state index contributed by atoms with van der Waals surface area (Å²) in [5, 5.41) is 8.82. The van der Waals surface area contributed by atoms with Crippen LogP contribution in [0.3, 0.4) is 0 Å². The van der Waals surface area contributed by atoms with Crippen LogP contribution in [0, 0.1) is 0 Å². The van der Waals surface area contributed by atoms with Crippen molar-refractivity contribution in [1.82, 2.24) is 5.53 Å². The Kier molecular flexibility index (Phi) is 3.09. The van der Waals surface area contributed by atoms with Gasteiger partial charge in [0.05, 0.1) is 5.69 Å². The van der Waals surface area contributed by atoms with Crippen molar-refractivity contribution in [3.63, 3.8) is 0 Å². The number of nitrogens with one attached hydrogen (secondary N) is 1. The van der Waals surface area contributed by atoms with E-state index in [2.05, 4.69) is 32.7 Å². The minimum absolute atomic E-state index is 0.0000359. The molecule has 0 saturated heterocycles. The minimum atomic E-state index is -4.50. The third kappa shape index (κ3) is 2.99. The summed E-state index contributed by atoms with van der Waals surface area (Å²) in [6, 6.07) is 5.88. The molecule has 1 aliphatic heterocycles. The van der Waals surface area contributed by atoms with Crippen molar-refractivity contribution in [3.8, 4) is 5.75 Å². The lowest BCUT2D eigenvalue weighted by Gasteiger charge is -2.19. The van der Waals surface area contributed by atoms with Gasteiger partial charge in [0.25, 0.3) is 0 Å². The summed E-state index contributed by atoms with van der Waals surface area (Å²) >= 11 is 4.13. The van der Waals surface area contributed by atoms with Gasteiger partial charge in [-0.25, -0.2) is 5.01 Å². The van der Waals surface area contributed by atoms with Crippen LogP contribution in [0.5, 0.6) is 5.75 Å². The molecule has 0 aromatic heterocycles. The van der Waals surface area contributed by atoms with Crippen molar-refractivity contribution >= 4 is 28.7 Å². The molecule has 2 N–H and O–H groups in total. The highest BCUT2D eigenvalue weighted by Crippen LogP contribution is 2.23. The highest BCUT2D eigenvalue weighted by molar-refractivity contribution is 7.81. The van der Waals surface area contributed by atoms with E-state index < -0.39 is 15.9 Å². The maximum Gasteiger partial charge on any atom is 0.446 e. The van der Waals surface area contributed by atoms with Crippen molar-refractivity contribution in [2.24, 2.45) is 10.3 Å². The fourth-order valence-electron chi connectivity index (χ4n) is 1.20. The molecular formula is C7H8N4O4S2. The lowest BCUT2D eigenvalue weighted by molar-refractivity contribution is 0.387. The molecular weight excluding hydrogens is 268 g/mol. The Hall–Kier alpha value is -1.52. The second-order valence-corrected chi connectivity index (χ2v) is 4.52. The Labute approximate surface area is 103 Å². The second-order valence-electron chi connectivity index (χ2n) is 3.04. The smallest absolute Gasteiger partial charge is 0.362 e. The van der Waals surface area contributed by atoms with Crippen molar-refractivity contribution < 1.29 is 17.2 Å². The van der Waals surface area contributed by atoms with Crippen LogP contribution in [-0.4, -0.2) is 18.5 Å². The summed E-state index contributed by atoms with van der Waals surface area (Å²) in [4.78, 5) is 0. The fraction of sp³-hybridized carbons (Fsp3) is 0.143. The van der Waals surface area contributed by atoms with Crippen LogP contribution in [0.25, 0.3) is 0 Å². The van der Waals surface area contributed by atoms with Gasteiger partial charge in [0.1, 0.15) is 5.75 Å². The van der Waals surface area contributed by atoms with Crippen LogP contribution in [0.4, 0.5) is 5.69 Å². The van der Waals surface area contributed by atoms with Crippen LogP contribution in [0.15, 0.2) is 34.6 Å². The summed E-state index contributed by atoms with van der Waals surface area (Å²) in [6.07, 6.45) is 0. The predicted octanol–water partition coefficient (Wildman–Crippen LogP) is 0.773. The Balaban J connectivity index is 2.13.